The van der Waals surface area contributed by atoms with Crippen molar-refractivity contribution in [2.24, 2.45) is 0 Å². The third kappa shape index (κ3) is 7.12. The van der Waals surface area contributed by atoms with Gasteiger partial charge in [0, 0.05) is 12.1 Å². The van der Waals surface area contributed by atoms with Crippen molar-refractivity contribution >= 4 is 17.6 Å². The second-order valence-electron chi connectivity index (χ2n) is 8.17. The first-order valence-electron chi connectivity index (χ1n) is 11.8. The highest BCUT2D eigenvalue weighted by atomic mass is 16.5. The topological polar surface area (TPSA) is 55.4 Å². The summed E-state index contributed by atoms with van der Waals surface area (Å²) in [5.74, 6) is -0.138. The fraction of sp³-hybridized carbons (Fsp3) is 0.680. The minimum atomic E-state index is -0.200. The Balaban J connectivity index is 0.00000218. The first kappa shape index (κ1) is 26.2. The number of nitrogens with one attached hydrogen (secondary N) is 1. The number of aryl methyl sites for hydroxylation is 2. The first-order chi connectivity index (χ1) is 14.4. The van der Waals surface area contributed by atoms with Crippen molar-refractivity contribution < 1.29 is 18.8 Å². The molecule has 1 N–H and O–H groups in total. The Kier molecular flexibility index (Phi) is 11.7. The molecule has 1 fully saturated rings. The van der Waals surface area contributed by atoms with E-state index in [0.717, 1.165) is 68.4 Å². The zero-order chi connectivity index (χ0) is 22.6. The van der Waals surface area contributed by atoms with E-state index in [1.54, 1.807) is 0 Å². The highest BCUT2D eigenvalue weighted by Crippen LogP contribution is 2.29. The standard InChI is InChI=1S/C23H36N2O3.C2H6/c1-5-7-14-25(17-21(26)28-16-6-2)15-9-8-13-20(25)23(27)24-22-18(3)11-10-12-19(22)4;1-2/h10-12,20H,5-9,13-17H2,1-4H3;1-2H3/p+1. The van der Waals surface area contributed by atoms with Gasteiger partial charge >= 0.3 is 5.97 Å². The molecule has 1 heterocycles. The molecule has 2 rings (SSSR count). The van der Waals surface area contributed by atoms with Gasteiger partial charge in [0.1, 0.15) is 0 Å². The van der Waals surface area contributed by atoms with Gasteiger partial charge in [-0.2, -0.15) is 0 Å². The Morgan fingerprint density at radius 2 is 1.77 bits per heavy atom. The number of quaternary nitrogens is 1. The highest BCUT2D eigenvalue weighted by Gasteiger charge is 2.45. The normalized spacial score (nSPS) is 20.7. The first-order valence-corrected chi connectivity index (χ1v) is 11.8. The summed E-state index contributed by atoms with van der Waals surface area (Å²) in [7, 11) is 0. The summed E-state index contributed by atoms with van der Waals surface area (Å²) < 4.78 is 5.93. The van der Waals surface area contributed by atoms with Gasteiger partial charge in [0.05, 0.1) is 19.7 Å². The lowest BCUT2D eigenvalue weighted by molar-refractivity contribution is -0.940. The number of carbonyl (C=O) groups excluding carboxylic acids is 2. The molecule has 0 saturated carbocycles. The maximum atomic E-state index is 13.4. The molecule has 170 valence electrons. The van der Waals surface area contributed by atoms with E-state index >= 15 is 0 Å². The van der Waals surface area contributed by atoms with Crippen LogP contribution in [0.15, 0.2) is 18.2 Å². The molecular weight excluding hydrogens is 376 g/mol. The number of esters is 1. The molecule has 1 aliphatic heterocycles. The molecule has 1 aromatic carbocycles. The van der Waals surface area contributed by atoms with Crippen molar-refractivity contribution in [2.75, 3.05) is 31.6 Å². The summed E-state index contributed by atoms with van der Waals surface area (Å²) in [6.45, 7) is 14.7. The van der Waals surface area contributed by atoms with Crippen LogP contribution in [0.25, 0.3) is 0 Å². The fourth-order valence-electron chi connectivity index (χ4n) is 4.32. The van der Waals surface area contributed by atoms with Crippen LogP contribution < -0.4 is 5.32 Å². The van der Waals surface area contributed by atoms with Crippen molar-refractivity contribution in [3.63, 3.8) is 0 Å². The van der Waals surface area contributed by atoms with Crippen LogP contribution in [0, 0.1) is 13.8 Å². The van der Waals surface area contributed by atoms with E-state index in [9.17, 15) is 9.59 Å². The molecule has 0 radical (unpaired) electrons. The number of nitrogens with zero attached hydrogens (tertiary/aromatic N) is 1. The second-order valence-corrected chi connectivity index (χ2v) is 8.17. The molecule has 0 spiro atoms. The molecule has 2 atom stereocenters. The van der Waals surface area contributed by atoms with Crippen LogP contribution in [-0.4, -0.2) is 48.6 Å². The van der Waals surface area contributed by atoms with Gasteiger partial charge < -0.3 is 14.5 Å². The van der Waals surface area contributed by atoms with Gasteiger partial charge in [-0.25, -0.2) is 4.79 Å². The average molecular weight is 420 g/mol. The maximum absolute atomic E-state index is 13.4. The number of anilines is 1. The van der Waals surface area contributed by atoms with Crippen LogP contribution in [0.2, 0.25) is 0 Å². The summed E-state index contributed by atoms with van der Waals surface area (Å²) in [6.07, 6.45) is 5.78. The van der Waals surface area contributed by atoms with E-state index in [1.165, 1.54) is 0 Å². The molecule has 1 aromatic rings. The molecule has 1 saturated heterocycles. The molecule has 2 unspecified atom stereocenters. The number of ether oxygens (including phenoxy) is 1. The van der Waals surface area contributed by atoms with E-state index in [4.69, 9.17) is 4.74 Å². The summed E-state index contributed by atoms with van der Waals surface area (Å²) in [6, 6.07) is 5.84. The second kappa shape index (κ2) is 13.4. The summed E-state index contributed by atoms with van der Waals surface area (Å²) in [5, 5.41) is 3.19. The molecule has 30 heavy (non-hydrogen) atoms. The number of likely N-dealkylation sites (tertiary alicyclic amines) is 1. The number of unbranched alkanes of at least 4 members (excludes halogenated alkanes) is 1. The van der Waals surface area contributed by atoms with Crippen molar-refractivity contribution in [1.82, 2.24) is 0 Å². The average Bonchev–Trinajstić information content (AvgIpc) is 2.75. The van der Waals surface area contributed by atoms with E-state index in [-0.39, 0.29) is 17.9 Å². The Hall–Kier alpha value is -1.88. The third-order valence-electron chi connectivity index (χ3n) is 5.89. The number of para-hydroxylation sites is 1. The Morgan fingerprint density at radius 3 is 2.37 bits per heavy atom. The third-order valence-corrected chi connectivity index (χ3v) is 5.89. The van der Waals surface area contributed by atoms with Gasteiger partial charge in [0.15, 0.2) is 12.6 Å². The van der Waals surface area contributed by atoms with Gasteiger partial charge in [0.2, 0.25) is 0 Å². The molecule has 1 aliphatic rings. The molecular formula is C25H43N2O3+. The molecule has 0 aromatic heterocycles. The molecule has 0 aliphatic carbocycles. The zero-order valence-electron chi connectivity index (χ0n) is 20.1. The SMILES string of the molecule is CC.CCCC[N+]1(CC(=O)OCCC)CCCCC1C(=O)Nc1c(C)cccc1C. The lowest BCUT2D eigenvalue weighted by atomic mass is 9.95. The van der Waals surface area contributed by atoms with Crippen LogP contribution in [-0.2, 0) is 14.3 Å². The Bertz CT molecular complexity index is 654. The van der Waals surface area contributed by atoms with E-state index in [1.807, 2.05) is 52.8 Å². The quantitative estimate of drug-likeness (QED) is 0.431. The van der Waals surface area contributed by atoms with E-state index in [2.05, 4.69) is 12.2 Å². The van der Waals surface area contributed by atoms with Gasteiger partial charge in [-0.15, -0.1) is 0 Å². The van der Waals surface area contributed by atoms with Crippen molar-refractivity contribution in [2.45, 2.75) is 86.1 Å². The molecule has 5 nitrogen and oxygen atoms in total. The predicted octanol–water partition coefficient (Wildman–Crippen LogP) is 5.39. The number of rotatable bonds is 9. The van der Waals surface area contributed by atoms with Crippen molar-refractivity contribution in [3.8, 4) is 0 Å². The minimum Gasteiger partial charge on any atom is -0.462 e. The lowest BCUT2D eigenvalue weighted by Gasteiger charge is -2.46. The number of hydrogen-bond donors (Lipinski definition) is 1. The van der Waals surface area contributed by atoms with Crippen LogP contribution in [0.3, 0.4) is 0 Å². The fourth-order valence-corrected chi connectivity index (χ4v) is 4.32. The van der Waals surface area contributed by atoms with Crippen LogP contribution in [0.4, 0.5) is 5.69 Å². The van der Waals surface area contributed by atoms with Gasteiger partial charge in [-0.05, 0) is 50.7 Å². The van der Waals surface area contributed by atoms with Gasteiger partial charge in [0.25, 0.3) is 5.91 Å². The van der Waals surface area contributed by atoms with Crippen molar-refractivity contribution in [3.05, 3.63) is 29.3 Å². The summed E-state index contributed by atoms with van der Waals surface area (Å²) >= 11 is 0. The Morgan fingerprint density at radius 1 is 1.10 bits per heavy atom. The predicted molar refractivity (Wildman–Crippen MR) is 125 cm³/mol. The van der Waals surface area contributed by atoms with E-state index in [0.29, 0.717) is 17.6 Å². The molecule has 5 heteroatoms. The summed E-state index contributed by atoms with van der Waals surface area (Å²) in [5.41, 5.74) is 3.04. The van der Waals surface area contributed by atoms with Crippen LogP contribution >= 0.6 is 0 Å². The number of benzene rings is 1. The van der Waals surface area contributed by atoms with E-state index < -0.39 is 0 Å². The minimum absolute atomic E-state index is 0.0384. The lowest BCUT2D eigenvalue weighted by Crippen LogP contribution is -2.64. The monoisotopic (exact) mass is 419 g/mol. The van der Waals surface area contributed by atoms with Gasteiger partial charge in [-0.1, -0.05) is 52.3 Å². The Labute approximate surface area is 183 Å². The summed E-state index contributed by atoms with van der Waals surface area (Å²) in [4.78, 5) is 25.9. The zero-order valence-corrected chi connectivity index (χ0v) is 20.1. The van der Waals surface area contributed by atoms with Crippen LogP contribution in [0.1, 0.15) is 77.3 Å². The van der Waals surface area contributed by atoms with Crippen LogP contribution in [0.5, 0.6) is 0 Å². The largest absolute Gasteiger partial charge is 0.462 e. The smallest absolute Gasteiger partial charge is 0.361 e. The highest BCUT2D eigenvalue weighted by molar-refractivity contribution is 5.95. The maximum Gasteiger partial charge on any atom is 0.361 e. The van der Waals surface area contributed by atoms with Crippen molar-refractivity contribution in [1.29, 1.82) is 0 Å². The number of amides is 1. The number of carbonyl (C=O) groups is 2. The molecule has 1 amide bonds. The molecule has 0 bridgehead atoms. The van der Waals surface area contributed by atoms with Gasteiger partial charge in [-0.3, -0.25) is 4.79 Å². The number of hydrogen-bond acceptors (Lipinski definition) is 3. The number of piperidine rings is 1.